The van der Waals surface area contributed by atoms with Crippen LogP contribution in [0.1, 0.15) is 31.2 Å². The average molecular weight is 481 g/mol. The number of phenols is 1. The van der Waals surface area contributed by atoms with Gasteiger partial charge in [-0.05, 0) is 48.4 Å². The van der Waals surface area contributed by atoms with E-state index in [1.165, 1.54) is 10.6 Å². The topological polar surface area (TPSA) is 111 Å². The zero-order valence-electron chi connectivity index (χ0n) is 19.3. The van der Waals surface area contributed by atoms with Crippen molar-refractivity contribution in [3.8, 4) is 17.0 Å². The quantitative estimate of drug-likeness (QED) is 0.389. The number of nitrogens with two attached hydrogens (primary N) is 1. The SMILES string of the molecule is CO[C@@H]1[C@H](N)C[C@H](c2ccncc2Nc2ncc3ccc(-c4c(F)cc(O)cc4F)nn23)C[C@@H]1C. The Labute approximate surface area is 200 Å². The fraction of sp³-hybridized carbons (Fsp3) is 0.320. The number of benzene rings is 1. The Morgan fingerprint density at radius 1 is 1.14 bits per heavy atom. The van der Waals surface area contributed by atoms with Crippen LogP contribution >= 0.6 is 0 Å². The minimum atomic E-state index is -0.907. The Balaban J connectivity index is 1.49. The first-order valence-electron chi connectivity index (χ1n) is 11.4. The maximum atomic E-state index is 14.4. The Kier molecular flexibility index (Phi) is 6.08. The molecular weight excluding hydrogens is 454 g/mol. The van der Waals surface area contributed by atoms with Gasteiger partial charge < -0.3 is 20.9 Å². The third kappa shape index (κ3) is 4.30. The van der Waals surface area contributed by atoms with Crippen LogP contribution in [0.2, 0.25) is 0 Å². The fourth-order valence-electron chi connectivity index (χ4n) is 5.12. The summed E-state index contributed by atoms with van der Waals surface area (Å²) in [5, 5.41) is 17.2. The Morgan fingerprint density at radius 2 is 1.91 bits per heavy atom. The van der Waals surface area contributed by atoms with Gasteiger partial charge in [0.15, 0.2) is 0 Å². The van der Waals surface area contributed by atoms with E-state index in [1.54, 1.807) is 31.8 Å². The Morgan fingerprint density at radius 3 is 2.63 bits per heavy atom. The molecule has 3 aromatic heterocycles. The minimum absolute atomic E-state index is 0.0176. The van der Waals surface area contributed by atoms with Crippen LogP contribution in [-0.4, -0.2) is 43.9 Å². The molecule has 1 saturated carbocycles. The number of pyridine rings is 1. The lowest BCUT2D eigenvalue weighted by Crippen LogP contribution is -2.45. The van der Waals surface area contributed by atoms with Crippen molar-refractivity contribution in [3.63, 3.8) is 0 Å². The highest BCUT2D eigenvalue weighted by atomic mass is 19.1. The zero-order valence-corrected chi connectivity index (χ0v) is 19.3. The van der Waals surface area contributed by atoms with Gasteiger partial charge in [-0.25, -0.2) is 13.8 Å². The summed E-state index contributed by atoms with van der Waals surface area (Å²) in [4.78, 5) is 8.68. The van der Waals surface area contributed by atoms with Crippen LogP contribution in [0.4, 0.5) is 20.4 Å². The van der Waals surface area contributed by atoms with E-state index in [-0.39, 0.29) is 29.3 Å². The third-order valence-electron chi connectivity index (χ3n) is 6.68. The van der Waals surface area contributed by atoms with Crippen molar-refractivity contribution in [2.75, 3.05) is 12.4 Å². The van der Waals surface area contributed by atoms with Gasteiger partial charge in [-0.1, -0.05) is 6.92 Å². The predicted molar refractivity (Wildman–Crippen MR) is 127 cm³/mol. The van der Waals surface area contributed by atoms with Crippen LogP contribution in [-0.2, 0) is 4.74 Å². The summed E-state index contributed by atoms with van der Waals surface area (Å²) in [6, 6.07) is 6.76. The first kappa shape index (κ1) is 23.1. The van der Waals surface area contributed by atoms with E-state index < -0.39 is 17.4 Å². The number of aromatic nitrogens is 4. The number of anilines is 2. The van der Waals surface area contributed by atoms with Crippen molar-refractivity contribution < 1.29 is 18.6 Å². The van der Waals surface area contributed by atoms with Gasteiger partial charge in [0.1, 0.15) is 17.4 Å². The van der Waals surface area contributed by atoms with Crippen LogP contribution in [0.15, 0.2) is 48.9 Å². The molecule has 182 valence electrons. The second-order valence-electron chi connectivity index (χ2n) is 9.02. The van der Waals surface area contributed by atoms with Gasteiger partial charge in [0, 0.05) is 31.5 Å². The summed E-state index contributed by atoms with van der Waals surface area (Å²) in [6.07, 6.45) is 6.78. The largest absolute Gasteiger partial charge is 0.508 e. The first-order chi connectivity index (χ1) is 16.9. The molecule has 1 aromatic carbocycles. The molecule has 4 atom stereocenters. The smallest absolute Gasteiger partial charge is 0.229 e. The molecule has 1 aliphatic rings. The number of nitrogens with zero attached hydrogens (tertiary/aromatic N) is 4. The van der Waals surface area contributed by atoms with E-state index >= 15 is 0 Å². The van der Waals surface area contributed by atoms with E-state index in [2.05, 4.69) is 27.3 Å². The van der Waals surface area contributed by atoms with Crippen LogP contribution in [0.25, 0.3) is 16.8 Å². The number of nitrogens with one attached hydrogen (secondary N) is 1. The summed E-state index contributed by atoms with van der Waals surface area (Å²) < 4.78 is 35.9. The molecule has 5 rings (SSSR count). The van der Waals surface area contributed by atoms with E-state index in [9.17, 15) is 13.9 Å². The molecule has 10 heteroatoms. The number of methoxy groups -OCH3 is 1. The third-order valence-corrected chi connectivity index (χ3v) is 6.68. The molecule has 1 fully saturated rings. The van der Waals surface area contributed by atoms with Gasteiger partial charge in [0.2, 0.25) is 5.95 Å². The second kappa shape index (κ2) is 9.20. The van der Waals surface area contributed by atoms with Crippen molar-refractivity contribution in [2.24, 2.45) is 11.7 Å². The molecule has 1 aliphatic carbocycles. The number of fused-ring (bicyclic) bond motifs is 1. The summed E-state index contributed by atoms with van der Waals surface area (Å²) in [5.74, 6) is -1.44. The fourth-order valence-corrected chi connectivity index (χ4v) is 5.12. The summed E-state index contributed by atoms with van der Waals surface area (Å²) in [7, 11) is 1.70. The van der Waals surface area contributed by atoms with E-state index in [0.29, 0.717) is 17.4 Å². The maximum absolute atomic E-state index is 14.4. The van der Waals surface area contributed by atoms with Crippen LogP contribution < -0.4 is 11.1 Å². The summed E-state index contributed by atoms with van der Waals surface area (Å²) >= 11 is 0. The first-order valence-corrected chi connectivity index (χ1v) is 11.4. The molecule has 0 radical (unpaired) electrons. The number of hydrogen-bond acceptors (Lipinski definition) is 7. The van der Waals surface area contributed by atoms with Gasteiger partial charge in [-0.2, -0.15) is 9.61 Å². The molecule has 0 bridgehead atoms. The highest BCUT2D eigenvalue weighted by Crippen LogP contribution is 2.40. The van der Waals surface area contributed by atoms with Gasteiger partial charge >= 0.3 is 0 Å². The maximum Gasteiger partial charge on any atom is 0.229 e. The lowest BCUT2D eigenvalue weighted by molar-refractivity contribution is 0.00984. The predicted octanol–water partition coefficient (Wildman–Crippen LogP) is 4.37. The molecule has 0 saturated heterocycles. The minimum Gasteiger partial charge on any atom is -0.508 e. The molecule has 35 heavy (non-hydrogen) atoms. The van der Waals surface area contributed by atoms with E-state index in [1.807, 2.05) is 6.07 Å². The number of ether oxygens (including phenoxy) is 1. The molecule has 4 N–H and O–H groups in total. The molecule has 3 heterocycles. The number of imidazole rings is 1. The second-order valence-corrected chi connectivity index (χ2v) is 9.02. The van der Waals surface area contributed by atoms with Crippen molar-refractivity contribution in [1.82, 2.24) is 19.6 Å². The lowest BCUT2D eigenvalue weighted by Gasteiger charge is -2.38. The number of halogens is 2. The van der Waals surface area contributed by atoms with Gasteiger partial charge in [0.25, 0.3) is 0 Å². The Hall–Kier alpha value is -3.63. The standard InChI is InChI=1S/C25H26F2N6O2/c1-13-7-14(8-20(28)24(13)35-2)17-5-6-29-12-22(17)31-25-30-11-15-3-4-21(32-33(15)25)23-18(26)9-16(34)10-19(23)27/h3-6,9-14,20,24,34H,7-8,28H2,1-2H3,(H,30,31)/t13-,14+,20+,24-/m0/s1. The normalized spacial score (nSPS) is 22.4. The van der Waals surface area contributed by atoms with Gasteiger partial charge in [-0.3, -0.25) is 4.98 Å². The molecule has 0 spiro atoms. The summed E-state index contributed by atoms with van der Waals surface area (Å²) in [6.45, 7) is 2.14. The van der Waals surface area contributed by atoms with Crippen LogP contribution in [0, 0.1) is 17.6 Å². The monoisotopic (exact) mass is 480 g/mol. The van der Waals surface area contributed by atoms with E-state index in [0.717, 1.165) is 36.2 Å². The van der Waals surface area contributed by atoms with Crippen molar-refractivity contribution >= 4 is 17.2 Å². The molecular formula is C25H26F2N6O2. The molecule has 0 amide bonds. The number of aromatic hydroxyl groups is 1. The van der Waals surface area contributed by atoms with Gasteiger partial charge in [-0.15, -0.1) is 0 Å². The molecule has 0 aliphatic heterocycles. The van der Waals surface area contributed by atoms with Crippen molar-refractivity contribution in [2.45, 2.75) is 37.8 Å². The average Bonchev–Trinajstić information content (AvgIpc) is 3.20. The number of rotatable bonds is 5. The highest BCUT2D eigenvalue weighted by molar-refractivity contribution is 5.66. The highest BCUT2D eigenvalue weighted by Gasteiger charge is 2.35. The van der Waals surface area contributed by atoms with Crippen LogP contribution in [0.5, 0.6) is 5.75 Å². The number of hydrogen-bond donors (Lipinski definition) is 3. The molecule has 8 nitrogen and oxygen atoms in total. The number of phenolic OH excluding ortho intramolecular Hbond substituents is 1. The van der Waals surface area contributed by atoms with Crippen molar-refractivity contribution in [3.05, 3.63) is 66.1 Å². The lowest BCUT2D eigenvalue weighted by atomic mass is 9.74. The van der Waals surface area contributed by atoms with E-state index in [4.69, 9.17) is 10.5 Å². The molecule has 0 unspecified atom stereocenters. The molecule has 4 aromatic rings. The van der Waals surface area contributed by atoms with Gasteiger partial charge in [0.05, 0.1) is 41.0 Å². The van der Waals surface area contributed by atoms with Crippen molar-refractivity contribution in [1.29, 1.82) is 0 Å². The van der Waals surface area contributed by atoms with Crippen LogP contribution in [0.3, 0.4) is 0 Å². The Bertz CT molecular complexity index is 1340. The zero-order chi connectivity index (χ0) is 24.7. The summed E-state index contributed by atoms with van der Waals surface area (Å²) in [5.41, 5.74) is 8.60.